The molecule has 0 bridgehead atoms. The summed E-state index contributed by atoms with van der Waals surface area (Å²) in [5, 5.41) is 3.52. The van der Waals surface area contributed by atoms with Gasteiger partial charge in [-0.3, -0.25) is 4.79 Å². The van der Waals surface area contributed by atoms with Crippen molar-refractivity contribution in [2.45, 2.75) is 37.2 Å². The van der Waals surface area contributed by atoms with Gasteiger partial charge in [0.2, 0.25) is 0 Å². The zero-order valence-electron chi connectivity index (χ0n) is 10.4. The second kappa shape index (κ2) is 5.89. The molecule has 1 aliphatic heterocycles. The van der Waals surface area contributed by atoms with E-state index >= 15 is 0 Å². The number of nitrogens with one attached hydrogen (secondary N) is 1. The Morgan fingerprint density at radius 1 is 1.69 bits per heavy atom. The number of carbonyl (C=O) groups is 1. The maximum atomic E-state index is 11.6. The summed E-state index contributed by atoms with van der Waals surface area (Å²) in [6, 6.07) is 0. The summed E-state index contributed by atoms with van der Waals surface area (Å²) < 4.78 is 10.3. The summed E-state index contributed by atoms with van der Waals surface area (Å²) in [5.41, 5.74) is -0.609. The predicted octanol–water partition coefficient (Wildman–Crippen LogP) is 1.05. The van der Waals surface area contributed by atoms with E-state index in [1.165, 1.54) is 7.11 Å². The van der Waals surface area contributed by atoms with Crippen LogP contribution in [0.5, 0.6) is 0 Å². The number of rotatable bonds is 5. The van der Waals surface area contributed by atoms with Gasteiger partial charge in [0.25, 0.3) is 0 Å². The molecule has 0 amide bonds. The summed E-state index contributed by atoms with van der Waals surface area (Å²) >= 11 is 1.78. The molecular formula is C11H21NO3S. The Hall–Kier alpha value is -0.260. The van der Waals surface area contributed by atoms with Crippen molar-refractivity contribution >= 4 is 17.7 Å². The highest BCUT2D eigenvalue weighted by Gasteiger charge is 2.35. The summed E-state index contributed by atoms with van der Waals surface area (Å²) in [7, 11) is 3.20. The van der Waals surface area contributed by atoms with Gasteiger partial charge in [0.15, 0.2) is 0 Å². The lowest BCUT2D eigenvalue weighted by Gasteiger charge is -2.27. The van der Waals surface area contributed by atoms with Gasteiger partial charge in [-0.25, -0.2) is 0 Å². The second-order valence-corrected chi connectivity index (χ2v) is 5.52. The van der Waals surface area contributed by atoms with Crippen molar-refractivity contribution in [3.8, 4) is 0 Å². The quantitative estimate of drug-likeness (QED) is 0.736. The van der Waals surface area contributed by atoms with Crippen molar-refractivity contribution in [2.75, 3.05) is 26.5 Å². The Morgan fingerprint density at radius 3 is 2.81 bits per heavy atom. The molecule has 0 aliphatic carbocycles. The molecule has 1 N–H and O–H groups in total. The first-order valence-corrected chi connectivity index (χ1v) is 6.59. The molecule has 1 saturated heterocycles. The number of methoxy groups -OCH3 is 1. The van der Waals surface area contributed by atoms with E-state index in [-0.39, 0.29) is 12.1 Å². The molecule has 0 radical (unpaired) electrons. The van der Waals surface area contributed by atoms with Crippen molar-refractivity contribution in [1.82, 2.24) is 5.32 Å². The highest BCUT2D eigenvalue weighted by Crippen LogP contribution is 2.29. The SMILES string of the molecule is CNC(C)(CSC1CCOC1C)C(=O)OC. The molecule has 3 unspecified atom stereocenters. The topological polar surface area (TPSA) is 47.6 Å². The molecule has 1 fully saturated rings. The van der Waals surface area contributed by atoms with Gasteiger partial charge in [-0.2, -0.15) is 11.8 Å². The highest BCUT2D eigenvalue weighted by atomic mass is 32.2. The van der Waals surface area contributed by atoms with Crippen LogP contribution in [0.2, 0.25) is 0 Å². The molecule has 1 rings (SSSR count). The first-order valence-electron chi connectivity index (χ1n) is 5.54. The number of hydrogen-bond donors (Lipinski definition) is 1. The monoisotopic (exact) mass is 247 g/mol. The van der Waals surface area contributed by atoms with E-state index in [1.54, 1.807) is 18.8 Å². The molecule has 0 aromatic carbocycles. The van der Waals surface area contributed by atoms with Gasteiger partial charge in [-0.05, 0) is 27.3 Å². The minimum atomic E-state index is -0.609. The summed E-state index contributed by atoms with van der Waals surface area (Å²) in [6.45, 7) is 4.78. The minimum absolute atomic E-state index is 0.214. The number of hydrogen-bond acceptors (Lipinski definition) is 5. The third kappa shape index (κ3) is 3.12. The Morgan fingerprint density at radius 2 is 2.38 bits per heavy atom. The molecule has 0 aromatic heterocycles. The van der Waals surface area contributed by atoms with Crippen molar-refractivity contribution < 1.29 is 14.3 Å². The largest absolute Gasteiger partial charge is 0.468 e. The molecule has 0 spiro atoms. The van der Waals surface area contributed by atoms with Crippen LogP contribution in [0.15, 0.2) is 0 Å². The molecular weight excluding hydrogens is 226 g/mol. The Labute approximate surface area is 101 Å². The Kier molecular flexibility index (Phi) is 5.08. The fraction of sp³-hybridized carbons (Fsp3) is 0.909. The van der Waals surface area contributed by atoms with Gasteiger partial charge < -0.3 is 14.8 Å². The fourth-order valence-electron chi connectivity index (χ4n) is 1.66. The van der Waals surface area contributed by atoms with Crippen LogP contribution in [0.1, 0.15) is 20.3 Å². The van der Waals surface area contributed by atoms with Crippen LogP contribution < -0.4 is 5.32 Å². The van der Waals surface area contributed by atoms with E-state index in [4.69, 9.17) is 9.47 Å². The lowest BCUT2D eigenvalue weighted by molar-refractivity contribution is -0.146. The first-order chi connectivity index (χ1) is 7.53. The molecule has 16 heavy (non-hydrogen) atoms. The second-order valence-electron chi connectivity index (χ2n) is 4.29. The Bertz CT molecular complexity index is 249. The zero-order chi connectivity index (χ0) is 12.2. The molecule has 1 heterocycles. The summed E-state index contributed by atoms with van der Waals surface area (Å²) in [4.78, 5) is 11.6. The molecule has 4 nitrogen and oxygen atoms in total. The number of carbonyl (C=O) groups excluding carboxylic acids is 1. The van der Waals surface area contributed by atoms with Gasteiger partial charge >= 0.3 is 5.97 Å². The fourth-order valence-corrected chi connectivity index (χ4v) is 3.09. The average molecular weight is 247 g/mol. The lowest BCUT2D eigenvalue weighted by Crippen LogP contribution is -2.51. The van der Waals surface area contributed by atoms with E-state index in [2.05, 4.69) is 12.2 Å². The maximum Gasteiger partial charge on any atom is 0.326 e. The molecule has 5 heteroatoms. The summed E-state index contributed by atoms with van der Waals surface area (Å²) in [5.74, 6) is 0.489. The third-order valence-electron chi connectivity index (χ3n) is 3.08. The lowest BCUT2D eigenvalue weighted by atomic mass is 10.1. The Balaban J connectivity index is 2.47. The van der Waals surface area contributed by atoms with E-state index < -0.39 is 5.54 Å². The van der Waals surface area contributed by atoms with Crippen LogP contribution in [0.3, 0.4) is 0 Å². The van der Waals surface area contributed by atoms with Gasteiger partial charge in [0.1, 0.15) is 5.54 Å². The smallest absolute Gasteiger partial charge is 0.326 e. The van der Waals surface area contributed by atoms with Gasteiger partial charge in [-0.15, -0.1) is 0 Å². The van der Waals surface area contributed by atoms with Crippen LogP contribution in [0.25, 0.3) is 0 Å². The average Bonchev–Trinajstić information content (AvgIpc) is 2.70. The maximum absolute atomic E-state index is 11.6. The number of likely N-dealkylation sites (N-methyl/N-ethyl adjacent to an activating group) is 1. The number of thioether (sulfide) groups is 1. The van der Waals surface area contributed by atoms with Crippen molar-refractivity contribution in [3.05, 3.63) is 0 Å². The van der Waals surface area contributed by atoms with E-state index in [1.807, 2.05) is 6.92 Å². The van der Waals surface area contributed by atoms with Crippen molar-refractivity contribution in [1.29, 1.82) is 0 Å². The molecule has 3 atom stereocenters. The van der Waals surface area contributed by atoms with Crippen molar-refractivity contribution in [3.63, 3.8) is 0 Å². The van der Waals surface area contributed by atoms with Crippen molar-refractivity contribution in [2.24, 2.45) is 0 Å². The highest BCUT2D eigenvalue weighted by molar-refractivity contribution is 8.00. The molecule has 0 aromatic rings. The van der Waals surface area contributed by atoms with E-state index in [9.17, 15) is 4.79 Å². The van der Waals surface area contributed by atoms with Crippen LogP contribution in [-0.2, 0) is 14.3 Å². The van der Waals surface area contributed by atoms with Crippen LogP contribution >= 0.6 is 11.8 Å². The normalized spacial score (nSPS) is 28.8. The van der Waals surface area contributed by atoms with E-state index in [0.29, 0.717) is 11.0 Å². The van der Waals surface area contributed by atoms with Crippen LogP contribution in [0.4, 0.5) is 0 Å². The van der Waals surface area contributed by atoms with Crippen LogP contribution in [0, 0.1) is 0 Å². The standard InChI is InChI=1S/C11H21NO3S/c1-8-9(5-6-15-8)16-7-11(2,12-3)10(13)14-4/h8-9,12H,5-7H2,1-4H3. The molecule has 1 aliphatic rings. The molecule has 0 saturated carbocycles. The minimum Gasteiger partial charge on any atom is -0.468 e. The van der Waals surface area contributed by atoms with Gasteiger partial charge in [-0.1, -0.05) is 0 Å². The number of ether oxygens (including phenoxy) is 2. The summed E-state index contributed by atoms with van der Waals surface area (Å²) in [6.07, 6.45) is 1.34. The van der Waals surface area contributed by atoms with Gasteiger partial charge in [0, 0.05) is 17.6 Å². The zero-order valence-corrected chi connectivity index (χ0v) is 11.2. The van der Waals surface area contributed by atoms with Gasteiger partial charge in [0.05, 0.1) is 13.2 Å². The predicted molar refractivity (Wildman–Crippen MR) is 65.8 cm³/mol. The first kappa shape index (κ1) is 13.8. The van der Waals surface area contributed by atoms with E-state index in [0.717, 1.165) is 13.0 Å². The third-order valence-corrected chi connectivity index (χ3v) is 4.87. The van der Waals surface area contributed by atoms with Crippen LogP contribution in [-0.4, -0.2) is 49.4 Å². The molecule has 94 valence electrons. The number of esters is 1.